The normalized spacial score (nSPS) is 14.1. The van der Waals surface area contributed by atoms with Crippen molar-refractivity contribution in [2.24, 2.45) is 5.92 Å². The van der Waals surface area contributed by atoms with E-state index in [0.29, 0.717) is 19.4 Å². The Morgan fingerprint density at radius 3 is 2.44 bits per heavy atom. The molecule has 0 saturated heterocycles. The highest BCUT2D eigenvalue weighted by atomic mass is 32.2. The van der Waals surface area contributed by atoms with Crippen LogP contribution in [0.5, 0.6) is 0 Å². The molecule has 106 valence electrons. The number of hydrogen-bond acceptors (Lipinski definition) is 4. The van der Waals surface area contributed by atoms with Gasteiger partial charge in [-0.05, 0) is 19.3 Å². The first-order valence-corrected chi connectivity index (χ1v) is 7.20. The molecule has 18 heavy (non-hydrogen) atoms. The first-order chi connectivity index (χ1) is 8.47. The number of aliphatic carboxylic acids is 2. The summed E-state index contributed by atoms with van der Waals surface area (Å²) in [5, 5.41) is 17.3. The van der Waals surface area contributed by atoms with Crippen LogP contribution in [0.25, 0.3) is 0 Å². The van der Waals surface area contributed by atoms with Crippen molar-refractivity contribution in [3.05, 3.63) is 0 Å². The molecular formula is C12H22O5S. The monoisotopic (exact) mass is 278 g/mol. The van der Waals surface area contributed by atoms with Crippen molar-refractivity contribution >= 4 is 23.7 Å². The highest BCUT2D eigenvalue weighted by Gasteiger charge is 2.13. The molecular weight excluding hydrogens is 256 g/mol. The third kappa shape index (κ3) is 9.30. The number of carbonyl (C=O) groups is 2. The predicted molar refractivity (Wildman–Crippen MR) is 70.8 cm³/mol. The van der Waals surface area contributed by atoms with E-state index >= 15 is 0 Å². The summed E-state index contributed by atoms with van der Waals surface area (Å²) in [6.45, 7) is 4.17. The quantitative estimate of drug-likeness (QED) is 0.446. The van der Waals surface area contributed by atoms with Crippen LogP contribution in [0.15, 0.2) is 0 Å². The predicted octanol–water partition coefficient (Wildman–Crippen LogP) is 2.45. The van der Waals surface area contributed by atoms with E-state index in [0.717, 1.165) is 12.8 Å². The van der Waals surface area contributed by atoms with Gasteiger partial charge >= 0.3 is 11.9 Å². The van der Waals surface area contributed by atoms with Gasteiger partial charge in [0.2, 0.25) is 0 Å². The second kappa shape index (κ2) is 10.2. The molecule has 0 saturated carbocycles. The second-order valence-electron chi connectivity index (χ2n) is 4.18. The average Bonchev–Trinajstić information content (AvgIpc) is 2.30. The van der Waals surface area contributed by atoms with E-state index in [4.69, 9.17) is 14.9 Å². The summed E-state index contributed by atoms with van der Waals surface area (Å²) in [6.07, 6.45) is 3.01. The first-order valence-electron chi connectivity index (χ1n) is 6.15. The summed E-state index contributed by atoms with van der Waals surface area (Å²) in [4.78, 5) is 21.1. The Morgan fingerprint density at radius 1 is 1.28 bits per heavy atom. The Kier molecular flexibility index (Phi) is 9.77. The lowest BCUT2D eigenvalue weighted by atomic mass is 10.1. The highest BCUT2D eigenvalue weighted by Crippen LogP contribution is 2.18. The van der Waals surface area contributed by atoms with E-state index < -0.39 is 11.9 Å². The molecule has 0 radical (unpaired) electrons. The minimum absolute atomic E-state index is 0.0379. The van der Waals surface area contributed by atoms with Crippen LogP contribution >= 0.6 is 11.8 Å². The van der Waals surface area contributed by atoms with E-state index in [-0.39, 0.29) is 17.1 Å². The van der Waals surface area contributed by atoms with Gasteiger partial charge in [-0.15, -0.1) is 11.8 Å². The highest BCUT2D eigenvalue weighted by molar-refractivity contribution is 8.00. The van der Waals surface area contributed by atoms with Gasteiger partial charge in [-0.1, -0.05) is 20.3 Å². The Morgan fingerprint density at radius 2 is 1.94 bits per heavy atom. The molecule has 0 aromatic heterocycles. The van der Waals surface area contributed by atoms with Crippen molar-refractivity contribution in [3.63, 3.8) is 0 Å². The van der Waals surface area contributed by atoms with Gasteiger partial charge in [0.05, 0.1) is 11.7 Å². The third-order valence-electron chi connectivity index (χ3n) is 2.42. The van der Waals surface area contributed by atoms with E-state index in [1.54, 1.807) is 6.92 Å². The molecule has 0 aromatic rings. The molecule has 0 amide bonds. The smallest absolute Gasteiger partial charge is 0.313 e. The minimum Gasteiger partial charge on any atom is -0.481 e. The van der Waals surface area contributed by atoms with Crippen LogP contribution in [-0.2, 0) is 14.3 Å². The fourth-order valence-corrected chi connectivity index (χ4v) is 2.27. The standard InChI is InChI=1S/C12H22O5S/c1-3-5-11(18-8-10(13)14)17-7-4-6-9(2)12(15)16/h9,11H,3-8H2,1-2H3,(H,13,14)(H,15,16). The molecule has 2 atom stereocenters. The van der Waals surface area contributed by atoms with Crippen molar-refractivity contribution in [1.82, 2.24) is 0 Å². The van der Waals surface area contributed by atoms with Crippen LogP contribution in [-0.4, -0.2) is 39.9 Å². The molecule has 0 heterocycles. The van der Waals surface area contributed by atoms with Gasteiger partial charge in [-0.25, -0.2) is 0 Å². The van der Waals surface area contributed by atoms with Crippen molar-refractivity contribution in [3.8, 4) is 0 Å². The lowest BCUT2D eigenvalue weighted by Gasteiger charge is -2.16. The Balaban J connectivity index is 3.75. The number of carboxylic acid groups (broad SMARTS) is 2. The Labute approximate surface area is 112 Å². The van der Waals surface area contributed by atoms with Crippen molar-refractivity contribution in [2.45, 2.75) is 45.0 Å². The summed E-state index contributed by atoms with van der Waals surface area (Å²) in [5.41, 5.74) is -0.105. The zero-order valence-electron chi connectivity index (χ0n) is 10.9. The number of rotatable bonds is 11. The van der Waals surface area contributed by atoms with Crippen molar-refractivity contribution < 1.29 is 24.5 Å². The molecule has 0 aliphatic heterocycles. The van der Waals surface area contributed by atoms with E-state index in [1.165, 1.54) is 11.8 Å². The maximum Gasteiger partial charge on any atom is 0.313 e. The maximum atomic E-state index is 10.6. The van der Waals surface area contributed by atoms with Crippen molar-refractivity contribution in [1.29, 1.82) is 0 Å². The largest absolute Gasteiger partial charge is 0.481 e. The molecule has 0 aliphatic carbocycles. The van der Waals surface area contributed by atoms with Gasteiger partial charge in [-0.2, -0.15) is 0 Å². The van der Waals surface area contributed by atoms with Gasteiger partial charge in [0.1, 0.15) is 5.44 Å². The third-order valence-corrected chi connectivity index (χ3v) is 3.58. The number of ether oxygens (including phenoxy) is 1. The summed E-state index contributed by atoms with van der Waals surface area (Å²) < 4.78 is 5.57. The van der Waals surface area contributed by atoms with Gasteiger partial charge < -0.3 is 14.9 Å². The molecule has 0 aromatic carbocycles. The molecule has 0 bridgehead atoms. The lowest BCUT2D eigenvalue weighted by molar-refractivity contribution is -0.141. The molecule has 5 nitrogen and oxygen atoms in total. The number of thioether (sulfide) groups is 1. The average molecular weight is 278 g/mol. The molecule has 0 aliphatic rings. The fraction of sp³-hybridized carbons (Fsp3) is 0.833. The summed E-state index contributed by atoms with van der Waals surface area (Å²) in [5.74, 6) is -1.95. The first kappa shape index (κ1) is 17.2. The molecule has 0 rings (SSSR count). The molecule has 6 heteroatoms. The van der Waals surface area contributed by atoms with E-state index in [9.17, 15) is 9.59 Å². The second-order valence-corrected chi connectivity index (χ2v) is 5.32. The van der Waals surface area contributed by atoms with E-state index in [2.05, 4.69) is 0 Å². The molecule has 2 N–H and O–H groups in total. The summed E-state index contributed by atoms with van der Waals surface area (Å²) in [6, 6.07) is 0. The summed E-state index contributed by atoms with van der Waals surface area (Å²) in [7, 11) is 0. The van der Waals surface area contributed by atoms with Crippen LogP contribution in [0.4, 0.5) is 0 Å². The Bertz CT molecular complexity index is 257. The number of carboxylic acids is 2. The van der Waals surface area contributed by atoms with Gasteiger partial charge in [0, 0.05) is 6.61 Å². The number of hydrogen-bond donors (Lipinski definition) is 2. The SMILES string of the molecule is CCCC(OCCCC(C)C(=O)O)SCC(=O)O. The molecule has 0 spiro atoms. The maximum absolute atomic E-state index is 10.6. The topological polar surface area (TPSA) is 83.8 Å². The van der Waals surface area contributed by atoms with Crippen LogP contribution < -0.4 is 0 Å². The lowest BCUT2D eigenvalue weighted by Crippen LogP contribution is -2.14. The van der Waals surface area contributed by atoms with Crippen molar-refractivity contribution in [2.75, 3.05) is 12.4 Å². The van der Waals surface area contributed by atoms with Crippen LogP contribution in [0.1, 0.15) is 39.5 Å². The van der Waals surface area contributed by atoms with E-state index in [1.807, 2.05) is 6.92 Å². The van der Waals surface area contributed by atoms with Gasteiger partial charge in [0.15, 0.2) is 0 Å². The minimum atomic E-state index is -0.843. The van der Waals surface area contributed by atoms with Crippen LogP contribution in [0, 0.1) is 5.92 Å². The van der Waals surface area contributed by atoms with Gasteiger partial charge in [-0.3, -0.25) is 9.59 Å². The van der Waals surface area contributed by atoms with Crippen LogP contribution in [0.2, 0.25) is 0 Å². The molecule has 2 unspecified atom stereocenters. The molecule has 0 fully saturated rings. The van der Waals surface area contributed by atoms with Gasteiger partial charge in [0.25, 0.3) is 0 Å². The fourth-order valence-electron chi connectivity index (χ4n) is 1.34. The zero-order valence-corrected chi connectivity index (χ0v) is 11.7. The summed E-state index contributed by atoms with van der Waals surface area (Å²) >= 11 is 1.28. The van der Waals surface area contributed by atoms with Crippen LogP contribution in [0.3, 0.4) is 0 Å². The Hall–Kier alpha value is -0.750. The zero-order chi connectivity index (χ0) is 14.0.